The number of aromatic amines is 1. The van der Waals surface area contributed by atoms with E-state index in [9.17, 15) is 4.79 Å². The van der Waals surface area contributed by atoms with E-state index >= 15 is 0 Å². The van der Waals surface area contributed by atoms with E-state index in [2.05, 4.69) is 33.7 Å². The SMILES string of the molecule is CCCC(C)Oc1nc(N)c2[nH]c(=O)n(CC3CCN(CC)CC3)c2n1. The number of aromatic nitrogens is 4. The molecule has 2 aromatic heterocycles. The summed E-state index contributed by atoms with van der Waals surface area (Å²) < 4.78 is 7.48. The normalized spacial score (nSPS) is 17.7. The van der Waals surface area contributed by atoms with Crippen LogP contribution in [0.5, 0.6) is 6.01 Å². The number of H-pyrrole nitrogens is 1. The number of hydrogen-bond donors (Lipinski definition) is 2. The molecule has 8 nitrogen and oxygen atoms in total. The van der Waals surface area contributed by atoms with Crippen LogP contribution in [0, 0.1) is 5.92 Å². The minimum absolute atomic E-state index is 0.00864. The Morgan fingerprint density at radius 2 is 2.04 bits per heavy atom. The van der Waals surface area contributed by atoms with Gasteiger partial charge in [-0.1, -0.05) is 20.3 Å². The van der Waals surface area contributed by atoms with E-state index in [0.29, 0.717) is 23.6 Å². The molecule has 2 aromatic rings. The molecule has 3 N–H and O–H groups in total. The van der Waals surface area contributed by atoms with Crippen molar-refractivity contribution in [3.05, 3.63) is 10.5 Å². The molecule has 8 heteroatoms. The van der Waals surface area contributed by atoms with Gasteiger partial charge in [-0.25, -0.2) is 4.79 Å². The zero-order valence-electron chi connectivity index (χ0n) is 16.0. The predicted molar refractivity (Wildman–Crippen MR) is 102 cm³/mol. The number of rotatable bonds is 7. The topological polar surface area (TPSA) is 102 Å². The number of nitrogen functional groups attached to an aromatic ring is 1. The van der Waals surface area contributed by atoms with E-state index in [-0.39, 0.29) is 23.6 Å². The van der Waals surface area contributed by atoms with E-state index in [1.807, 2.05) is 6.92 Å². The molecule has 0 aliphatic carbocycles. The Balaban J connectivity index is 1.84. The highest BCUT2D eigenvalue weighted by molar-refractivity contribution is 5.81. The molecule has 3 heterocycles. The molecule has 0 bridgehead atoms. The maximum atomic E-state index is 12.5. The molecule has 144 valence electrons. The summed E-state index contributed by atoms with van der Waals surface area (Å²) in [7, 11) is 0. The Kier molecular flexibility index (Phi) is 5.80. The summed E-state index contributed by atoms with van der Waals surface area (Å²) in [4.78, 5) is 26.4. The second-order valence-electron chi connectivity index (χ2n) is 7.23. The van der Waals surface area contributed by atoms with Gasteiger partial charge in [0.15, 0.2) is 11.5 Å². The summed E-state index contributed by atoms with van der Waals surface area (Å²) in [5.74, 6) is 0.722. The first-order valence-electron chi connectivity index (χ1n) is 9.66. The number of ether oxygens (including phenoxy) is 1. The molecule has 0 amide bonds. The highest BCUT2D eigenvalue weighted by Gasteiger charge is 2.22. The summed E-state index contributed by atoms with van der Waals surface area (Å²) in [6.07, 6.45) is 4.12. The highest BCUT2D eigenvalue weighted by atomic mass is 16.5. The van der Waals surface area contributed by atoms with Crippen LogP contribution in [0.25, 0.3) is 11.2 Å². The van der Waals surface area contributed by atoms with E-state index in [4.69, 9.17) is 10.5 Å². The number of hydrogen-bond acceptors (Lipinski definition) is 6. The predicted octanol–water partition coefficient (Wildman–Crippen LogP) is 2.00. The zero-order chi connectivity index (χ0) is 18.7. The van der Waals surface area contributed by atoms with Crippen LogP contribution in [-0.4, -0.2) is 50.2 Å². The third-order valence-corrected chi connectivity index (χ3v) is 5.23. The van der Waals surface area contributed by atoms with Gasteiger partial charge in [0.2, 0.25) is 0 Å². The number of anilines is 1. The van der Waals surface area contributed by atoms with E-state index in [1.165, 1.54) is 0 Å². The van der Waals surface area contributed by atoms with Crippen LogP contribution in [0.3, 0.4) is 0 Å². The summed E-state index contributed by atoms with van der Waals surface area (Å²) in [6.45, 7) is 10.2. The number of imidazole rings is 1. The first-order valence-corrected chi connectivity index (χ1v) is 9.66. The lowest BCUT2D eigenvalue weighted by atomic mass is 9.97. The number of fused-ring (bicyclic) bond motifs is 1. The fraction of sp³-hybridized carbons (Fsp3) is 0.722. The molecule has 0 saturated carbocycles. The van der Waals surface area contributed by atoms with Gasteiger partial charge in [0.1, 0.15) is 5.52 Å². The summed E-state index contributed by atoms with van der Waals surface area (Å²) >= 11 is 0. The molecule has 1 unspecified atom stereocenters. The highest BCUT2D eigenvalue weighted by Crippen LogP contribution is 2.23. The van der Waals surface area contributed by atoms with Gasteiger partial charge in [0.05, 0.1) is 6.10 Å². The van der Waals surface area contributed by atoms with Crippen LogP contribution in [0.2, 0.25) is 0 Å². The van der Waals surface area contributed by atoms with Crippen molar-refractivity contribution in [2.45, 2.75) is 59.1 Å². The molecule has 26 heavy (non-hydrogen) atoms. The fourth-order valence-electron chi connectivity index (χ4n) is 3.64. The monoisotopic (exact) mass is 362 g/mol. The van der Waals surface area contributed by atoms with Gasteiger partial charge < -0.3 is 20.4 Å². The third-order valence-electron chi connectivity index (χ3n) is 5.23. The van der Waals surface area contributed by atoms with Crippen molar-refractivity contribution in [2.24, 2.45) is 5.92 Å². The molecule has 1 aliphatic rings. The van der Waals surface area contributed by atoms with Crippen molar-refractivity contribution in [3.8, 4) is 6.01 Å². The van der Waals surface area contributed by atoms with Gasteiger partial charge in [-0.2, -0.15) is 9.97 Å². The Labute approximate surface area is 153 Å². The molecule has 1 saturated heterocycles. The largest absolute Gasteiger partial charge is 0.460 e. The lowest BCUT2D eigenvalue weighted by Crippen LogP contribution is -2.35. The van der Waals surface area contributed by atoms with Crippen LogP contribution in [0.4, 0.5) is 5.82 Å². The minimum Gasteiger partial charge on any atom is -0.460 e. The molecule has 1 fully saturated rings. The van der Waals surface area contributed by atoms with Gasteiger partial charge in [-0.3, -0.25) is 4.57 Å². The standard InChI is InChI=1S/C18H30N6O2/c1-4-6-12(3)26-17-21-15(19)14-16(22-17)24(18(25)20-14)11-13-7-9-23(5-2)10-8-13/h12-13H,4-11H2,1-3H3,(H,20,25)(H2,19,21,22). The van der Waals surface area contributed by atoms with Crippen molar-refractivity contribution in [1.29, 1.82) is 0 Å². The maximum absolute atomic E-state index is 12.5. The maximum Gasteiger partial charge on any atom is 0.327 e. The Bertz CT molecular complexity index is 791. The molecule has 0 spiro atoms. The van der Waals surface area contributed by atoms with Crippen LogP contribution in [0.1, 0.15) is 46.5 Å². The van der Waals surface area contributed by atoms with Crippen molar-refractivity contribution in [3.63, 3.8) is 0 Å². The van der Waals surface area contributed by atoms with E-state index < -0.39 is 0 Å². The van der Waals surface area contributed by atoms with E-state index in [1.54, 1.807) is 4.57 Å². The first kappa shape index (κ1) is 18.7. The molecule has 1 atom stereocenters. The van der Waals surface area contributed by atoms with Crippen LogP contribution in [-0.2, 0) is 6.54 Å². The first-order chi connectivity index (χ1) is 12.5. The molecule has 3 rings (SSSR count). The molecule has 0 radical (unpaired) electrons. The second-order valence-corrected chi connectivity index (χ2v) is 7.23. The fourth-order valence-corrected chi connectivity index (χ4v) is 3.64. The summed E-state index contributed by atoms with van der Waals surface area (Å²) in [5, 5.41) is 0. The Hall–Kier alpha value is -2.09. The smallest absolute Gasteiger partial charge is 0.327 e. The third kappa shape index (κ3) is 4.00. The quantitative estimate of drug-likeness (QED) is 0.781. The van der Waals surface area contributed by atoms with Gasteiger partial charge in [-0.05, 0) is 51.7 Å². The number of piperidine rings is 1. The molecular weight excluding hydrogens is 332 g/mol. The average Bonchev–Trinajstić information content (AvgIpc) is 2.92. The van der Waals surface area contributed by atoms with Gasteiger partial charge in [0, 0.05) is 6.54 Å². The van der Waals surface area contributed by atoms with Crippen molar-refractivity contribution in [1.82, 2.24) is 24.4 Å². The van der Waals surface area contributed by atoms with Crippen molar-refractivity contribution < 1.29 is 4.74 Å². The lowest BCUT2D eigenvalue weighted by molar-refractivity contribution is 0.180. The second kappa shape index (κ2) is 8.07. The number of nitrogens with two attached hydrogens (primary N) is 1. The Morgan fingerprint density at radius 1 is 1.31 bits per heavy atom. The summed E-state index contributed by atoms with van der Waals surface area (Å²) in [6, 6.07) is 0.240. The van der Waals surface area contributed by atoms with Gasteiger partial charge in [-0.15, -0.1) is 0 Å². The van der Waals surface area contributed by atoms with Gasteiger partial charge in [0.25, 0.3) is 0 Å². The van der Waals surface area contributed by atoms with Gasteiger partial charge >= 0.3 is 11.7 Å². The van der Waals surface area contributed by atoms with Crippen LogP contribution < -0.4 is 16.2 Å². The average molecular weight is 362 g/mol. The van der Waals surface area contributed by atoms with Crippen molar-refractivity contribution in [2.75, 3.05) is 25.4 Å². The number of nitrogens with zero attached hydrogens (tertiary/aromatic N) is 4. The Morgan fingerprint density at radius 3 is 2.69 bits per heavy atom. The zero-order valence-corrected chi connectivity index (χ0v) is 16.0. The minimum atomic E-state index is -0.183. The number of likely N-dealkylation sites (tertiary alicyclic amines) is 1. The molecule has 0 aromatic carbocycles. The molecule has 1 aliphatic heterocycles. The van der Waals surface area contributed by atoms with Crippen LogP contribution in [0.15, 0.2) is 4.79 Å². The van der Waals surface area contributed by atoms with E-state index in [0.717, 1.165) is 45.3 Å². The van der Waals surface area contributed by atoms with Crippen LogP contribution >= 0.6 is 0 Å². The summed E-state index contributed by atoms with van der Waals surface area (Å²) in [5.41, 5.74) is 6.89. The number of nitrogens with one attached hydrogen (secondary N) is 1. The molecular formula is C18H30N6O2. The van der Waals surface area contributed by atoms with Crippen molar-refractivity contribution >= 4 is 17.0 Å². The lowest BCUT2D eigenvalue weighted by Gasteiger charge is -2.30.